The minimum absolute atomic E-state index is 0.0343. The quantitative estimate of drug-likeness (QED) is 0.310. The molecule has 0 amide bonds. The third-order valence-electron chi connectivity index (χ3n) is 5.64. The first-order chi connectivity index (χ1) is 15.7. The molecule has 3 aromatic carbocycles. The number of nitrogens with one attached hydrogen (secondary N) is 1. The van der Waals surface area contributed by atoms with Gasteiger partial charge in [0, 0.05) is 41.0 Å². The van der Waals surface area contributed by atoms with E-state index >= 15 is 0 Å². The fourth-order valence-corrected chi connectivity index (χ4v) is 4.62. The van der Waals surface area contributed by atoms with E-state index in [1.54, 1.807) is 18.1 Å². The summed E-state index contributed by atoms with van der Waals surface area (Å²) in [6, 6.07) is 22.5. The molecule has 5 rings (SSSR count). The molecule has 0 spiro atoms. The molecule has 158 valence electrons. The summed E-state index contributed by atoms with van der Waals surface area (Å²) in [5.74, 6) is 0.975. The smallest absolute Gasteiger partial charge is 0.195 e. The van der Waals surface area contributed by atoms with Crippen molar-refractivity contribution in [1.82, 2.24) is 14.5 Å². The van der Waals surface area contributed by atoms with E-state index in [-0.39, 0.29) is 5.78 Å². The topological polar surface area (TPSA) is 50.7 Å². The lowest BCUT2D eigenvalue weighted by Gasteiger charge is -2.08. The Morgan fingerprint density at radius 1 is 0.969 bits per heavy atom. The predicted octanol–water partition coefficient (Wildman–Crippen LogP) is 6.17. The zero-order chi connectivity index (χ0) is 21.9. The lowest BCUT2D eigenvalue weighted by molar-refractivity contribution is 0.103. The van der Waals surface area contributed by atoms with Crippen molar-refractivity contribution in [3.8, 4) is 11.1 Å². The van der Waals surface area contributed by atoms with E-state index in [9.17, 15) is 4.79 Å². The van der Waals surface area contributed by atoms with Crippen LogP contribution in [0.3, 0.4) is 0 Å². The van der Waals surface area contributed by atoms with Gasteiger partial charge in [-0.3, -0.25) is 4.79 Å². The van der Waals surface area contributed by atoms with Crippen LogP contribution in [0.4, 0.5) is 0 Å². The number of benzene rings is 3. The zero-order valence-corrected chi connectivity index (χ0v) is 18.6. The van der Waals surface area contributed by atoms with E-state index in [0.29, 0.717) is 17.7 Å². The van der Waals surface area contributed by atoms with Crippen molar-refractivity contribution in [3.05, 3.63) is 114 Å². The van der Waals surface area contributed by atoms with Gasteiger partial charge in [-0.25, -0.2) is 4.98 Å². The average Bonchev–Trinajstić information content (AvgIpc) is 3.49. The Bertz CT molecular complexity index is 1360. The lowest BCUT2D eigenvalue weighted by Crippen LogP contribution is -2.02. The highest BCUT2D eigenvalue weighted by Gasteiger charge is 2.19. The lowest BCUT2D eigenvalue weighted by atomic mass is 9.94. The normalized spacial score (nSPS) is 11.2. The fraction of sp³-hybridized carbons (Fsp3) is 0.111. The van der Waals surface area contributed by atoms with Crippen LogP contribution in [0.5, 0.6) is 0 Å². The van der Waals surface area contributed by atoms with Crippen LogP contribution in [0, 0.1) is 0 Å². The average molecular weight is 438 g/mol. The number of aromatic nitrogens is 3. The van der Waals surface area contributed by atoms with E-state index < -0.39 is 0 Å². The molecule has 1 N–H and O–H groups in total. The molecule has 0 atom stereocenters. The molecular weight excluding hydrogens is 414 g/mol. The third kappa shape index (κ3) is 3.99. The highest BCUT2D eigenvalue weighted by atomic mass is 32.2. The molecule has 0 unspecified atom stereocenters. The van der Waals surface area contributed by atoms with Crippen molar-refractivity contribution < 1.29 is 4.79 Å². The van der Waals surface area contributed by atoms with Crippen LogP contribution < -0.4 is 0 Å². The zero-order valence-electron chi connectivity index (χ0n) is 17.8. The number of rotatable bonds is 7. The molecule has 0 bridgehead atoms. The van der Waals surface area contributed by atoms with Crippen LogP contribution in [0.15, 0.2) is 91.6 Å². The largest absolute Gasteiger partial charge is 0.347 e. The molecule has 2 heterocycles. The summed E-state index contributed by atoms with van der Waals surface area (Å²) >= 11 is 1.77. The van der Waals surface area contributed by atoms with Gasteiger partial charge < -0.3 is 9.55 Å². The Labute approximate surface area is 191 Å². The highest BCUT2D eigenvalue weighted by molar-refractivity contribution is 7.97. The third-order valence-corrected chi connectivity index (χ3v) is 6.26. The minimum Gasteiger partial charge on any atom is -0.347 e. The van der Waals surface area contributed by atoms with Crippen LogP contribution in [-0.4, -0.2) is 26.6 Å². The van der Waals surface area contributed by atoms with E-state index in [2.05, 4.69) is 57.3 Å². The first-order valence-corrected chi connectivity index (χ1v) is 11.9. The number of aromatic amines is 1. The summed E-state index contributed by atoms with van der Waals surface area (Å²) in [6.45, 7) is 0.623. The van der Waals surface area contributed by atoms with Gasteiger partial charge in [0.15, 0.2) is 5.78 Å². The summed E-state index contributed by atoms with van der Waals surface area (Å²) in [5.41, 5.74) is 5.63. The van der Waals surface area contributed by atoms with Gasteiger partial charge in [-0.05, 0) is 28.2 Å². The summed E-state index contributed by atoms with van der Waals surface area (Å²) in [5, 5.41) is 2.30. The second kappa shape index (κ2) is 8.89. The molecule has 32 heavy (non-hydrogen) atoms. The number of hydrogen-bond acceptors (Lipinski definition) is 3. The van der Waals surface area contributed by atoms with Gasteiger partial charge in [0.05, 0.1) is 18.6 Å². The van der Waals surface area contributed by atoms with Gasteiger partial charge in [0.2, 0.25) is 0 Å². The molecule has 0 aliphatic carbocycles. The van der Waals surface area contributed by atoms with Crippen LogP contribution in [-0.2, 0) is 12.3 Å². The molecule has 4 nitrogen and oxygen atoms in total. The van der Waals surface area contributed by atoms with Crippen molar-refractivity contribution in [2.24, 2.45) is 0 Å². The standard InChI is InChI=1S/C27H23N3OS/c1-32-17-19-9-11-21(12-10-19)27(31)26-16-30(14-22-13-28-18-29-22)15-25(26)24-8-4-6-20-5-2-3-7-23(20)24/h2-13,15-16,18H,14,17H2,1H3,(H,28,29). The molecule has 0 saturated carbocycles. The number of imidazole rings is 1. The first kappa shape index (κ1) is 20.3. The maximum atomic E-state index is 13.6. The Morgan fingerprint density at radius 3 is 2.56 bits per heavy atom. The van der Waals surface area contributed by atoms with Crippen molar-refractivity contribution in [3.63, 3.8) is 0 Å². The Hall–Kier alpha value is -3.57. The molecule has 5 aromatic rings. The van der Waals surface area contributed by atoms with Gasteiger partial charge >= 0.3 is 0 Å². The molecule has 0 aliphatic heterocycles. The highest BCUT2D eigenvalue weighted by Crippen LogP contribution is 2.33. The maximum absolute atomic E-state index is 13.6. The van der Waals surface area contributed by atoms with E-state index in [1.807, 2.05) is 48.8 Å². The van der Waals surface area contributed by atoms with Crippen molar-refractivity contribution in [1.29, 1.82) is 0 Å². The van der Waals surface area contributed by atoms with Crippen LogP contribution in [0.2, 0.25) is 0 Å². The fourth-order valence-electron chi connectivity index (χ4n) is 4.10. The monoisotopic (exact) mass is 437 g/mol. The SMILES string of the molecule is CSCc1ccc(C(=O)c2cn(Cc3cnc[nH]3)cc2-c2cccc3ccccc23)cc1. The minimum atomic E-state index is 0.0343. The molecule has 0 saturated heterocycles. The Morgan fingerprint density at radius 2 is 1.78 bits per heavy atom. The van der Waals surface area contributed by atoms with E-state index in [0.717, 1.165) is 33.3 Å². The van der Waals surface area contributed by atoms with Gasteiger partial charge in [-0.15, -0.1) is 0 Å². The van der Waals surface area contributed by atoms with Crippen LogP contribution in [0.25, 0.3) is 21.9 Å². The summed E-state index contributed by atoms with van der Waals surface area (Å²) in [7, 11) is 0. The molecule has 0 aliphatic rings. The second-order valence-corrected chi connectivity index (χ2v) is 8.69. The number of nitrogens with zero attached hydrogens (tertiary/aromatic N) is 2. The molecule has 0 radical (unpaired) electrons. The van der Waals surface area contributed by atoms with E-state index in [1.165, 1.54) is 5.56 Å². The number of carbonyl (C=O) groups excluding carboxylic acids is 1. The number of carbonyl (C=O) groups is 1. The van der Waals surface area contributed by atoms with Gasteiger partial charge in [-0.2, -0.15) is 11.8 Å². The number of ketones is 1. The number of thioether (sulfide) groups is 1. The maximum Gasteiger partial charge on any atom is 0.195 e. The molecule has 5 heteroatoms. The molecular formula is C27H23N3OS. The summed E-state index contributed by atoms with van der Waals surface area (Å²) in [4.78, 5) is 20.9. The van der Waals surface area contributed by atoms with Gasteiger partial charge in [0.25, 0.3) is 0 Å². The molecule has 2 aromatic heterocycles. The van der Waals surface area contributed by atoms with Crippen molar-refractivity contribution in [2.75, 3.05) is 6.26 Å². The summed E-state index contributed by atoms with van der Waals surface area (Å²) < 4.78 is 2.06. The second-order valence-electron chi connectivity index (χ2n) is 7.82. The van der Waals surface area contributed by atoms with Gasteiger partial charge in [0.1, 0.15) is 0 Å². The first-order valence-electron chi connectivity index (χ1n) is 10.5. The predicted molar refractivity (Wildman–Crippen MR) is 132 cm³/mol. The Balaban J connectivity index is 1.61. The number of hydrogen-bond donors (Lipinski definition) is 1. The van der Waals surface area contributed by atoms with Crippen LogP contribution in [0.1, 0.15) is 27.2 Å². The number of H-pyrrole nitrogens is 1. The van der Waals surface area contributed by atoms with Gasteiger partial charge in [-0.1, -0.05) is 66.7 Å². The summed E-state index contributed by atoms with van der Waals surface area (Å²) in [6.07, 6.45) is 9.59. The van der Waals surface area contributed by atoms with Crippen molar-refractivity contribution >= 4 is 28.3 Å². The Kier molecular flexibility index (Phi) is 5.65. The van der Waals surface area contributed by atoms with Crippen LogP contribution >= 0.6 is 11.8 Å². The molecule has 0 fully saturated rings. The van der Waals surface area contributed by atoms with E-state index in [4.69, 9.17) is 0 Å². The van der Waals surface area contributed by atoms with Crippen molar-refractivity contribution in [2.45, 2.75) is 12.3 Å². The number of fused-ring (bicyclic) bond motifs is 1.